The number of rotatable bonds is 2. The summed E-state index contributed by atoms with van der Waals surface area (Å²) in [5, 5.41) is 6.89. The van der Waals surface area contributed by atoms with Gasteiger partial charge in [0.05, 0.1) is 6.04 Å². The molecule has 0 aromatic rings. The van der Waals surface area contributed by atoms with Crippen molar-refractivity contribution < 1.29 is 19.5 Å². The van der Waals surface area contributed by atoms with E-state index in [-0.39, 0.29) is 24.3 Å². The highest BCUT2D eigenvalue weighted by Gasteiger charge is 2.33. The third-order valence-corrected chi connectivity index (χ3v) is 5.88. The van der Waals surface area contributed by atoms with Gasteiger partial charge >= 0.3 is 0 Å². The van der Waals surface area contributed by atoms with Gasteiger partial charge in [-0.25, -0.2) is 0 Å². The van der Waals surface area contributed by atoms with E-state index in [0.29, 0.717) is 12.5 Å². The molecule has 2 heterocycles. The van der Waals surface area contributed by atoms with Gasteiger partial charge in [-0.15, -0.1) is 0 Å². The number of hydrogen-bond acceptors (Lipinski definition) is 4. The smallest absolute Gasteiger partial charge is 0.290 e. The van der Waals surface area contributed by atoms with Crippen molar-refractivity contribution in [2.45, 2.75) is 57.4 Å². The molecule has 3 fully saturated rings. The molecule has 1 N–H and O–H groups in total. The van der Waals surface area contributed by atoms with Crippen LogP contribution in [0.25, 0.3) is 0 Å². The maximum Gasteiger partial charge on any atom is 0.290 e. The minimum absolute atomic E-state index is 0.0476. The largest absolute Gasteiger partial charge is 0.483 e. The molecule has 148 valence electrons. The first kappa shape index (κ1) is 20.7. The van der Waals surface area contributed by atoms with Crippen molar-refractivity contribution in [2.24, 2.45) is 5.92 Å². The maximum atomic E-state index is 12.9. The van der Waals surface area contributed by atoms with E-state index in [1.165, 1.54) is 19.3 Å². The quantitative estimate of drug-likeness (QED) is 0.747. The Hall–Kier alpha value is -1.63. The van der Waals surface area contributed by atoms with E-state index in [1.807, 2.05) is 9.80 Å². The molecule has 0 aromatic heterocycles. The zero-order chi connectivity index (χ0) is 18.9. The number of amides is 2. The van der Waals surface area contributed by atoms with E-state index in [9.17, 15) is 9.59 Å². The fourth-order valence-electron chi connectivity index (χ4n) is 4.05. The van der Waals surface area contributed by atoms with Gasteiger partial charge in [0.1, 0.15) is 0 Å². The van der Waals surface area contributed by atoms with Crippen molar-refractivity contribution in [3.8, 4) is 0 Å². The van der Waals surface area contributed by atoms with Crippen LogP contribution in [-0.2, 0) is 14.4 Å². The Bertz CT molecular complexity index is 481. The third-order valence-electron chi connectivity index (χ3n) is 5.88. The monoisotopic (exact) mass is 367 g/mol. The molecule has 0 bridgehead atoms. The summed E-state index contributed by atoms with van der Waals surface area (Å²) in [6.45, 7) is 3.83. The normalized spacial score (nSPS) is 25.2. The van der Waals surface area contributed by atoms with Crippen molar-refractivity contribution in [1.82, 2.24) is 14.7 Å². The van der Waals surface area contributed by atoms with Gasteiger partial charge in [0, 0.05) is 32.1 Å². The molecule has 0 aromatic carbocycles. The Morgan fingerprint density at radius 2 is 1.42 bits per heavy atom. The molecule has 0 spiro atoms. The molecule has 0 radical (unpaired) electrons. The van der Waals surface area contributed by atoms with Crippen LogP contribution in [0.2, 0.25) is 0 Å². The summed E-state index contributed by atoms with van der Waals surface area (Å²) in [6.07, 6.45) is 8.80. The van der Waals surface area contributed by atoms with E-state index in [4.69, 9.17) is 9.90 Å². The van der Waals surface area contributed by atoms with Crippen molar-refractivity contribution in [2.75, 3.05) is 39.8 Å². The fourth-order valence-corrected chi connectivity index (χ4v) is 4.05. The summed E-state index contributed by atoms with van der Waals surface area (Å²) in [6, 6.07) is 0.0476. The van der Waals surface area contributed by atoms with Crippen LogP contribution in [0.3, 0.4) is 0 Å². The lowest BCUT2D eigenvalue weighted by Gasteiger charge is -2.32. The van der Waals surface area contributed by atoms with Crippen LogP contribution < -0.4 is 0 Å². The van der Waals surface area contributed by atoms with Gasteiger partial charge in [0.25, 0.3) is 6.47 Å². The molecule has 7 nitrogen and oxygen atoms in total. The molecule has 3 rings (SSSR count). The van der Waals surface area contributed by atoms with Crippen LogP contribution in [0.15, 0.2) is 0 Å². The second-order valence-corrected chi connectivity index (χ2v) is 7.58. The van der Waals surface area contributed by atoms with Gasteiger partial charge in [-0.05, 0) is 45.7 Å². The van der Waals surface area contributed by atoms with Gasteiger partial charge in [-0.1, -0.05) is 19.3 Å². The van der Waals surface area contributed by atoms with Crippen molar-refractivity contribution in [3.05, 3.63) is 0 Å². The van der Waals surface area contributed by atoms with Crippen molar-refractivity contribution in [3.63, 3.8) is 0 Å². The molecule has 2 amide bonds. The number of nitrogens with zero attached hydrogens (tertiary/aromatic N) is 3. The van der Waals surface area contributed by atoms with Crippen molar-refractivity contribution in [1.29, 1.82) is 0 Å². The van der Waals surface area contributed by atoms with Crippen LogP contribution in [0.4, 0.5) is 0 Å². The molecule has 2 aliphatic heterocycles. The second-order valence-electron chi connectivity index (χ2n) is 7.58. The van der Waals surface area contributed by atoms with Crippen LogP contribution in [0, 0.1) is 5.92 Å². The lowest BCUT2D eigenvalue weighted by molar-refractivity contribution is -0.139. The van der Waals surface area contributed by atoms with Gasteiger partial charge in [0.2, 0.25) is 11.8 Å². The lowest BCUT2D eigenvalue weighted by atomic mass is 9.84. The Kier molecular flexibility index (Phi) is 8.35. The average molecular weight is 367 g/mol. The summed E-state index contributed by atoms with van der Waals surface area (Å²) in [7, 11) is 2.08. The zero-order valence-electron chi connectivity index (χ0n) is 15.9. The highest BCUT2D eigenvalue weighted by atomic mass is 16.3. The molecule has 1 saturated carbocycles. The van der Waals surface area contributed by atoms with Crippen LogP contribution in [0.1, 0.15) is 51.4 Å². The number of hydrogen-bond donors (Lipinski definition) is 1. The highest BCUT2D eigenvalue weighted by molar-refractivity contribution is 5.82. The summed E-state index contributed by atoms with van der Waals surface area (Å²) in [4.78, 5) is 40.0. The lowest BCUT2D eigenvalue weighted by Crippen LogP contribution is -2.48. The van der Waals surface area contributed by atoms with Crippen LogP contribution in [-0.4, -0.2) is 83.9 Å². The Morgan fingerprint density at radius 3 is 2.00 bits per heavy atom. The van der Waals surface area contributed by atoms with E-state index in [2.05, 4.69) is 11.9 Å². The average Bonchev–Trinajstić information content (AvgIpc) is 2.93. The van der Waals surface area contributed by atoms with E-state index < -0.39 is 0 Å². The van der Waals surface area contributed by atoms with Crippen molar-refractivity contribution >= 4 is 18.3 Å². The molecular formula is C19H33N3O4. The van der Waals surface area contributed by atoms with Crippen LogP contribution >= 0.6 is 0 Å². The number of carboxylic acid groups (broad SMARTS) is 1. The second kappa shape index (κ2) is 10.5. The summed E-state index contributed by atoms with van der Waals surface area (Å²) < 4.78 is 0. The topological polar surface area (TPSA) is 81.2 Å². The first-order valence-electron chi connectivity index (χ1n) is 9.94. The molecular weight excluding hydrogens is 334 g/mol. The van der Waals surface area contributed by atoms with Gasteiger partial charge in [-0.2, -0.15) is 0 Å². The Morgan fingerprint density at radius 1 is 0.808 bits per heavy atom. The maximum absolute atomic E-state index is 12.9. The first-order valence-corrected chi connectivity index (χ1v) is 9.94. The number of carbonyl (C=O) groups is 3. The standard InChI is InChI=1S/C18H31N3O2.CH2O2/c1-19-10-4-2-3-9-16(19)18(23)21-12-6-11-20(13-14-21)17(22)15-7-5-8-15;2-1-3/h15-16H,2-14H2,1H3;1H,(H,2,3). The molecule has 3 aliphatic rings. The van der Waals surface area contributed by atoms with E-state index in [1.54, 1.807) is 0 Å². The Balaban J connectivity index is 0.000000758. The fraction of sp³-hybridized carbons (Fsp3) is 0.842. The number of likely N-dealkylation sites (tertiary alicyclic amines) is 1. The van der Waals surface area contributed by atoms with E-state index >= 15 is 0 Å². The first-order chi connectivity index (χ1) is 12.6. The van der Waals surface area contributed by atoms with Gasteiger partial charge in [0.15, 0.2) is 0 Å². The highest BCUT2D eigenvalue weighted by Crippen LogP contribution is 2.28. The molecule has 2 saturated heterocycles. The predicted molar refractivity (Wildman–Crippen MR) is 98.7 cm³/mol. The number of carbonyl (C=O) groups excluding carboxylic acids is 2. The molecule has 26 heavy (non-hydrogen) atoms. The minimum atomic E-state index is -0.250. The summed E-state index contributed by atoms with van der Waals surface area (Å²) in [5.74, 6) is 0.884. The zero-order valence-corrected chi connectivity index (χ0v) is 15.9. The molecule has 1 atom stereocenters. The molecule has 1 aliphatic carbocycles. The predicted octanol–water partition coefficient (Wildman–Crippen LogP) is 1.42. The van der Waals surface area contributed by atoms with Gasteiger partial charge < -0.3 is 14.9 Å². The van der Waals surface area contributed by atoms with Gasteiger partial charge in [-0.3, -0.25) is 19.3 Å². The SMILES string of the molecule is CN1CCCCCC1C(=O)N1CCCN(C(=O)C2CCC2)CC1.O=CO. The minimum Gasteiger partial charge on any atom is -0.483 e. The van der Waals surface area contributed by atoms with E-state index in [0.717, 1.165) is 58.3 Å². The summed E-state index contributed by atoms with van der Waals surface area (Å²) in [5.41, 5.74) is 0. The molecule has 7 heteroatoms. The number of likely N-dealkylation sites (N-methyl/N-ethyl adjacent to an activating group) is 1. The Labute approximate surface area is 156 Å². The summed E-state index contributed by atoms with van der Waals surface area (Å²) >= 11 is 0. The van der Waals surface area contributed by atoms with Crippen LogP contribution in [0.5, 0.6) is 0 Å². The third kappa shape index (κ3) is 5.43. The molecule has 1 unspecified atom stereocenters.